The van der Waals surface area contributed by atoms with Gasteiger partial charge >= 0.3 is 0 Å². The minimum atomic E-state index is -0.337. The number of carbonyl (C=O) groups is 2. The Morgan fingerprint density at radius 3 is 2.65 bits per heavy atom. The van der Waals surface area contributed by atoms with E-state index < -0.39 is 0 Å². The zero-order valence-electron chi connectivity index (χ0n) is 10.2. The summed E-state index contributed by atoms with van der Waals surface area (Å²) < 4.78 is 1.38. The Morgan fingerprint density at radius 1 is 1.47 bits per heavy atom. The molecule has 0 aromatic carbocycles. The fourth-order valence-corrected chi connectivity index (χ4v) is 1.48. The maximum absolute atomic E-state index is 11.7. The Hall–Kier alpha value is -1.91. The maximum Gasteiger partial charge on any atom is 0.251 e. The first kappa shape index (κ1) is 13.2. The van der Waals surface area contributed by atoms with Crippen LogP contribution in [0.5, 0.6) is 0 Å². The minimum absolute atomic E-state index is 0.0155. The number of hydrogen-bond acceptors (Lipinski definition) is 3. The summed E-state index contributed by atoms with van der Waals surface area (Å²) in [6, 6.07) is 2.61. The van der Waals surface area contributed by atoms with E-state index in [2.05, 4.69) is 5.32 Å². The lowest BCUT2D eigenvalue weighted by atomic mass is 10.1. The fourth-order valence-electron chi connectivity index (χ4n) is 1.48. The standard InChI is InChI=1S/C12H16N2O3/c1-8(6-9(2)15)13-12(17)10-4-5-14(3)11(16)7-10/h4-5,7-8H,6H2,1-3H3,(H,13,17). The van der Waals surface area contributed by atoms with Crippen LogP contribution in [0.15, 0.2) is 23.1 Å². The second-order valence-electron chi connectivity index (χ2n) is 4.15. The van der Waals surface area contributed by atoms with Crippen molar-refractivity contribution in [2.45, 2.75) is 26.3 Å². The van der Waals surface area contributed by atoms with Gasteiger partial charge in [-0.05, 0) is 19.9 Å². The number of carbonyl (C=O) groups excluding carboxylic acids is 2. The van der Waals surface area contributed by atoms with Gasteiger partial charge in [-0.2, -0.15) is 0 Å². The number of hydrogen-bond donors (Lipinski definition) is 1. The molecule has 17 heavy (non-hydrogen) atoms. The first-order valence-electron chi connectivity index (χ1n) is 5.37. The summed E-state index contributed by atoms with van der Waals surface area (Å²) in [4.78, 5) is 33.9. The lowest BCUT2D eigenvalue weighted by Crippen LogP contribution is -2.34. The van der Waals surface area contributed by atoms with Crippen molar-refractivity contribution in [1.82, 2.24) is 9.88 Å². The Bertz CT molecular complexity index is 491. The van der Waals surface area contributed by atoms with Crippen LogP contribution in [-0.4, -0.2) is 22.3 Å². The molecule has 92 valence electrons. The molecule has 1 aromatic heterocycles. The van der Waals surface area contributed by atoms with Crippen LogP contribution in [0, 0.1) is 0 Å². The Balaban J connectivity index is 2.73. The van der Waals surface area contributed by atoms with Gasteiger partial charge in [0.1, 0.15) is 5.78 Å². The molecule has 0 radical (unpaired) electrons. The molecule has 5 heteroatoms. The van der Waals surface area contributed by atoms with E-state index in [1.54, 1.807) is 20.0 Å². The molecule has 0 saturated carbocycles. The summed E-state index contributed by atoms with van der Waals surface area (Å²) >= 11 is 0. The summed E-state index contributed by atoms with van der Waals surface area (Å²) in [6.07, 6.45) is 1.82. The first-order valence-corrected chi connectivity index (χ1v) is 5.37. The highest BCUT2D eigenvalue weighted by molar-refractivity contribution is 5.94. The van der Waals surface area contributed by atoms with Crippen molar-refractivity contribution in [3.05, 3.63) is 34.2 Å². The average molecular weight is 236 g/mol. The van der Waals surface area contributed by atoms with Crippen molar-refractivity contribution in [2.24, 2.45) is 7.05 Å². The van der Waals surface area contributed by atoms with Gasteiger partial charge in [0, 0.05) is 37.3 Å². The minimum Gasteiger partial charge on any atom is -0.349 e. The van der Waals surface area contributed by atoms with Crippen molar-refractivity contribution >= 4 is 11.7 Å². The number of Topliss-reactive ketones (excluding diaryl/α,β-unsaturated/α-hetero) is 1. The summed E-state index contributed by atoms with van der Waals surface area (Å²) in [6.45, 7) is 3.22. The molecular formula is C12H16N2O3. The van der Waals surface area contributed by atoms with Gasteiger partial charge in [0.25, 0.3) is 11.5 Å². The molecule has 1 aromatic rings. The quantitative estimate of drug-likeness (QED) is 0.826. The van der Waals surface area contributed by atoms with E-state index in [9.17, 15) is 14.4 Å². The van der Waals surface area contributed by atoms with E-state index in [-0.39, 0.29) is 29.7 Å². The fraction of sp³-hybridized carbons (Fsp3) is 0.417. The third-order valence-corrected chi connectivity index (χ3v) is 2.34. The summed E-state index contributed by atoms with van der Waals surface area (Å²) in [5.41, 5.74) is 0.0698. The Kier molecular flexibility index (Phi) is 4.20. The van der Waals surface area contributed by atoms with E-state index in [1.807, 2.05) is 0 Å². The summed E-state index contributed by atoms with van der Waals surface area (Å²) in [5, 5.41) is 2.67. The van der Waals surface area contributed by atoms with Crippen molar-refractivity contribution in [3.63, 3.8) is 0 Å². The molecule has 0 bridgehead atoms. The largest absolute Gasteiger partial charge is 0.349 e. The van der Waals surface area contributed by atoms with Crippen LogP contribution in [0.4, 0.5) is 0 Å². The smallest absolute Gasteiger partial charge is 0.251 e. The summed E-state index contributed by atoms with van der Waals surface area (Å²) in [5.74, 6) is -0.321. The van der Waals surface area contributed by atoms with Gasteiger partial charge in [0.05, 0.1) is 0 Å². The molecule has 5 nitrogen and oxygen atoms in total. The van der Waals surface area contributed by atoms with Gasteiger partial charge < -0.3 is 9.88 Å². The SMILES string of the molecule is CC(=O)CC(C)NC(=O)c1ccn(C)c(=O)c1. The predicted molar refractivity (Wildman–Crippen MR) is 63.9 cm³/mol. The molecule has 0 spiro atoms. The maximum atomic E-state index is 11.7. The topological polar surface area (TPSA) is 68.2 Å². The van der Waals surface area contributed by atoms with Crippen LogP contribution in [0.25, 0.3) is 0 Å². The molecule has 0 fully saturated rings. The highest BCUT2D eigenvalue weighted by Gasteiger charge is 2.11. The molecule has 0 aliphatic rings. The van der Waals surface area contributed by atoms with E-state index >= 15 is 0 Å². The van der Waals surface area contributed by atoms with Crippen LogP contribution in [-0.2, 0) is 11.8 Å². The molecule has 1 unspecified atom stereocenters. The van der Waals surface area contributed by atoms with Gasteiger partial charge in [-0.25, -0.2) is 0 Å². The predicted octanol–water partition coefficient (Wildman–Crippen LogP) is 0.483. The average Bonchev–Trinajstić information content (AvgIpc) is 2.20. The van der Waals surface area contributed by atoms with Gasteiger partial charge in [-0.1, -0.05) is 0 Å². The third kappa shape index (κ3) is 3.86. The lowest BCUT2D eigenvalue weighted by molar-refractivity contribution is -0.117. The van der Waals surface area contributed by atoms with E-state index in [1.165, 1.54) is 23.8 Å². The molecule has 0 aliphatic heterocycles. The van der Waals surface area contributed by atoms with Crippen molar-refractivity contribution in [2.75, 3.05) is 0 Å². The molecule has 1 atom stereocenters. The van der Waals surface area contributed by atoms with Crippen LogP contribution in [0.3, 0.4) is 0 Å². The highest BCUT2D eigenvalue weighted by atomic mass is 16.2. The third-order valence-electron chi connectivity index (χ3n) is 2.34. The highest BCUT2D eigenvalue weighted by Crippen LogP contribution is 1.98. The van der Waals surface area contributed by atoms with Crippen LogP contribution < -0.4 is 10.9 Å². The number of rotatable bonds is 4. The number of amides is 1. The van der Waals surface area contributed by atoms with Gasteiger partial charge in [0.15, 0.2) is 0 Å². The zero-order valence-corrected chi connectivity index (χ0v) is 10.2. The number of ketones is 1. The van der Waals surface area contributed by atoms with Crippen LogP contribution >= 0.6 is 0 Å². The van der Waals surface area contributed by atoms with Gasteiger partial charge in [0.2, 0.25) is 0 Å². The molecule has 1 N–H and O–H groups in total. The van der Waals surface area contributed by atoms with Crippen molar-refractivity contribution < 1.29 is 9.59 Å². The number of pyridine rings is 1. The number of nitrogens with zero attached hydrogens (tertiary/aromatic N) is 1. The Morgan fingerprint density at radius 2 is 2.12 bits per heavy atom. The molecule has 1 amide bonds. The molecule has 1 rings (SSSR count). The lowest BCUT2D eigenvalue weighted by Gasteiger charge is -2.12. The Labute approximate surface area is 99.5 Å². The van der Waals surface area contributed by atoms with Crippen molar-refractivity contribution in [3.8, 4) is 0 Å². The number of aromatic nitrogens is 1. The second-order valence-corrected chi connectivity index (χ2v) is 4.15. The second kappa shape index (κ2) is 5.43. The zero-order chi connectivity index (χ0) is 13.0. The van der Waals surface area contributed by atoms with Gasteiger partial charge in [-0.3, -0.25) is 14.4 Å². The molecular weight excluding hydrogens is 220 g/mol. The van der Waals surface area contributed by atoms with E-state index in [0.717, 1.165) is 0 Å². The molecule has 0 aliphatic carbocycles. The van der Waals surface area contributed by atoms with Gasteiger partial charge in [-0.15, -0.1) is 0 Å². The monoisotopic (exact) mass is 236 g/mol. The molecule has 1 heterocycles. The number of aryl methyl sites for hydroxylation is 1. The normalized spacial score (nSPS) is 11.9. The number of nitrogens with one attached hydrogen (secondary N) is 1. The first-order chi connectivity index (χ1) is 7.90. The molecule has 0 saturated heterocycles. The van der Waals surface area contributed by atoms with E-state index in [4.69, 9.17) is 0 Å². The van der Waals surface area contributed by atoms with Crippen molar-refractivity contribution in [1.29, 1.82) is 0 Å². The van der Waals surface area contributed by atoms with E-state index in [0.29, 0.717) is 5.56 Å². The van der Waals surface area contributed by atoms with Crippen LogP contribution in [0.2, 0.25) is 0 Å². The van der Waals surface area contributed by atoms with Crippen LogP contribution in [0.1, 0.15) is 30.6 Å². The summed E-state index contributed by atoms with van der Waals surface area (Å²) in [7, 11) is 1.61.